The van der Waals surface area contributed by atoms with Gasteiger partial charge in [0.1, 0.15) is 0 Å². The van der Waals surface area contributed by atoms with E-state index in [2.05, 4.69) is 118 Å². The van der Waals surface area contributed by atoms with Crippen molar-refractivity contribution in [3.8, 4) is 0 Å². The van der Waals surface area contributed by atoms with Crippen molar-refractivity contribution in [2.24, 2.45) is 0 Å². The first-order valence-electron chi connectivity index (χ1n) is 9.94. The van der Waals surface area contributed by atoms with E-state index in [4.69, 9.17) is 0 Å². The minimum absolute atomic E-state index is 1.20. The van der Waals surface area contributed by atoms with Gasteiger partial charge in [-0.2, -0.15) is 0 Å². The Labute approximate surface area is 166 Å². The van der Waals surface area contributed by atoms with Crippen LogP contribution in [-0.2, 0) is 0 Å². The third kappa shape index (κ3) is 3.91. The highest BCUT2D eigenvalue weighted by atomic mass is 31.2. The average Bonchev–Trinajstić information content (AvgIpc) is 2.70. The first-order valence-corrected chi connectivity index (χ1v) is 15.2. The predicted octanol–water partition coefficient (Wildman–Crippen LogP) is 5.83. The molecule has 0 heterocycles. The van der Waals surface area contributed by atoms with Gasteiger partial charge in [-0.25, -0.2) is 0 Å². The summed E-state index contributed by atoms with van der Waals surface area (Å²) < 4.78 is 0. The van der Waals surface area contributed by atoms with Crippen LogP contribution in [0.15, 0.2) is 91.0 Å². The molecule has 0 saturated carbocycles. The highest BCUT2D eigenvalue weighted by Gasteiger charge is 2.34. The Morgan fingerprint density at radius 3 is 1.22 bits per heavy atom. The fourth-order valence-electron chi connectivity index (χ4n) is 4.15. The van der Waals surface area contributed by atoms with Crippen LogP contribution < -0.4 is 15.9 Å². The predicted molar refractivity (Wildman–Crippen MR) is 128 cm³/mol. The van der Waals surface area contributed by atoms with Gasteiger partial charge in [0.15, 0.2) is 0 Å². The smallest absolute Gasteiger partial charge is 0.0711 e. The van der Waals surface area contributed by atoms with E-state index in [1.807, 2.05) is 4.92 Å². The number of rotatable bonds is 6. The highest BCUT2D eigenvalue weighted by molar-refractivity contribution is 7.98. The largest absolute Gasteiger partial charge is 0.0738 e. The minimum atomic E-state index is -1.82. The lowest BCUT2D eigenvalue weighted by Crippen LogP contribution is -2.41. The number of benzene rings is 3. The molecular formula is C25H31PSi. The van der Waals surface area contributed by atoms with E-state index in [1.165, 1.54) is 28.8 Å². The molecule has 0 amide bonds. The quantitative estimate of drug-likeness (QED) is 0.367. The van der Waals surface area contributed by atoms with Crippen molar-refractivity contribution in [2.45, 2.75) is 39.4 Å². The molecule has 0 aromatic heterocycles. The van der Waals surface area contributed by atoms with Crippen LogP contribution in [0.4, 0.5) is 0 Å². The van der Waals surface area contributed by atoms with Crippen molar-refractivity contribution in [1.29, 1.82) is 0 Å². The van der Waals surface area contributed by atoms with Gasteiger partial charge < -0.3 is 0 Å². The summed E-state index contributed by atoms with van der Waals surface area (Å²) in [4.78, 5) is 1.82. The molecule has 3 aromatic rings. The van der Waals surface area contributed by atoms with Crippen LogP contribution in [0.1, 0.15) is 19.8 Å². The Morgan fingerprint density at radius 2 is 0.963 bits per heavy atom. The lowest BCUT2D eigenvalue weighted by Gasteiger charge is -2.38. The molecule has 0 aliphatic heterocycles. The molecule has 2 heteroatoms. The zero-order valence-electron chi connectivity index (χ0n) is 17.0. The van der Waals surface area contributed by atoms with Gasteiger partial charge in [0.2, 0.25) is 0 Å². The van der Waals surface area contributed by atoms with E-state index in [1.54, 1.807) is 0 Å². The molecule has 140 valence electrons. The van der Waals surface area contributed by atoms with Crippen molar-refractivity contribution < 1.29 is 0 Å². The molecule has 0 radical (unpaired) electrons. The Bertz CT molecular complexity index is 803. The SMILES string of the molecule is CCCC([Si](C)(C)C)=P(c1ccccc1)(c1ccccc1)c1ccccc1. The summed E-state index contributed by atoms with van der Waals surface area (Å²) >= 11 is 0. The minimum Gasteiger partial charge on any atom is -0.0711 e. The monoisotopic (exact) mass is 390 g/mol. The zero-order chi connectivity index (χ0) is 19.3. The van der Waals surface area contributed by atoms with Gasteiger partial charge in [-0.3, -0.25) is 0 Å². The van der Waals surface area contributed by atoms with Crippen molar-refractivity contribution in [3.63, 3.8) is 0 Å². The van der Waals surface area contributed by atoms with Crippen molar-refractivity contribution in [3.05, 3.63) is 91.0 Å². The van der Waals surface area contributed by atoms with E-state index < -0.39 is 15.0 Å². The van der Waals surface area contributed by atoms with E-state index in [0.717, 1.165) is 0 Å². The maximum atomic E-state index is 2.53. The van der Waals surface area contributed by atoms with Gasteiger partial charge in [-0.15, -0.1) is 0 Å². The van der Waals surface area contributed by atoms with E-state index in [-0.39, 0.29) is 0 Å². The fraction of sp³-hybridized carbons (Fsp3) is 0.240. The molecule has 0 spiro atoms. The van der Waals surface area contributed by atoms with E-state index >= 15 is 0 Å². The second kappa shape index (κ2) is 8.46. The molecule has 0 bridgehead atoms. The second-order valence-electron chi connectivity index (χ2n) is 8.12. The van der Waals surface area contributed by atoms with Crippen LogP contribution in [0, 0.1) is 0 Å². The Balaban J connectivity index is 2.59. The maximum Gasteiger partial charge on any atom is 0.0738 e. The maximum absolute atomic E-state index is 2.53. The second-order valence-corrected chi connectivity index (χ2v) is 17.1. The topological polar surface area (TPSA) is 0 Å². The first-order chi connectivity index (χ1) is 13.0. The summed E-state index contributed by atoms with van der Waals surface area (Å²) in [5.41, 5.74) is 0. The average molecular weight is 391 g/mol. The number of hydrogen-bond acceptors (Lipinski definition) is 0. The Kier molecular flexibility index (Phi) is 6.24. The Hall–Kier alpha value is -1.82. The standard InChI is InChI=1S/C25H31PSi/c1-5-15-25(27(2,3)4)26(22-16-9-6-10-17-22,23-18-11-7-12-19-23)24-20-13-8-14-21-24/h6-14,16-21H,5,15H2,1-4H3. The van der Waals surface area contributed by atoms with Crippen molar-refractivity contribution >= 4 is 35.8 Å². The summed E-state index contributed by atoms with van der Waals surface area (Å²) in [6, 6.07) is 33.9. The van der Waals surface area contributed by atoms with Gasteiger partial charge >= 0.3 is 0 Å². The summed E-state index contributed by atoms with van der Waals surface area (Å²) in [7, 11) is -1.53. The molecule has 0 unspecified atom stereocenters. The van der Waals surface area contributed by atoms with Crippen LogP contribution in [0.25, 0.3) is 0 Å². The fourth-order valence-corrected chi connectivity index (χ4v) is 14.6. The molecule has 0 saturated heterocycles. The lowest BCUT2D eigenvalue weighted by atomic mass is 10.3. The van der Waals surface area contributed by atoms with Crippen molar-refractivity contribution in [2.75, 3.05) is 0 Å². The molecule has 0 atom stereocenters. The van der Waals surface area contributed by atoms with Crippen LogP contribution in [0.2, 0.25) is 19.6 Å². The molecule has 3 aromatic carbocycles. The van der Waals surface area contributed by atoms with E-state index in [9.17, 15) is 0 Å². The van der Waals surface area contributed by atoms with Crippen LogP contribution in [-0.4, -0.2) is 13.0 Å². The van der Waals surface area contributed by atoms with Gasteiger partial charge in [-0.05, 0) is 29.2 Å². The lowest BCUT2D eigenvalue weighted by molar-refractivity contribution is 1.01. The molecule has 0 N–H and O–H groups in total. The molecular weight excluding hydrogens is 359 g/mol. The zero-order valence-corrected chi connectivity index (χ0v) is 18.9. The van der Waals surface area contributed by atoms with Crippen molar-refractivity contribution in [1.82, 2.24) is 0 Å². The molecule has 0 fully saturated rings. The molecule has 27 heavy (non-hydrogen) atoms. The van der Waals surface area contributed by atoms with Crippen LogP contribution in [0.3, 0.4) is 0 Å². The Morgan fingerprint density at radius 1 is 0.630 bits per heavy atom. The van der Waals surface area contributed by atoms with E-state index in [0.29, 0.717) is 0 Å². The summed E-state index contributed by atoms with van der Waals surface area (Å²) in [5.74, 6) is 0. The number of hydrogen-bond donors (Lipinski definition) is 0. The van der Waals surface area contributed by atoms with Crippen LogP contribution >= 0.6 is 6.89 Å². The normalized spacial score (nSPS) is 12.0. The van der Waals surface area contributed by atoms with Gasteiger partial charge in [0.05, 0.1) is 8.07 Å². The summed E-state index contributed by atoms with van der Waals surface area (Å²) in [5, 5.41) is 4.48. The van der Waals surface area contributed by atoms with Crippen LogP contribution in [0.5, 0.6) is 0 Å². The third-order valence-electron chi connectivity index (χ3n) is 5.19. The first kappa shape index (κ1) is 19.9. The molecule has 0 nitrogen and oxygen atoms in total. The third-order valence-corrected chi connectivity index (χ3v) is 14.4. The highest BCUT2D eigenvalue weighted by Crippen LogP contribution is 2.48. The molecule has 0 aliphatic rings. The van der Waals surface area contributed by atoms with Gasteiger partial charge in [-0.1, -0.05) is 129 Å². The van der Waals surface area contributed by atoms with Gasteiger partial charge in [0, 0.05) is 0 Å². The molecule has 0 aliphatic carbocycles. The summed E-state index contributed by atoms with van der Waals surface area (Å²) in [6.45, 7) is 8.09. The van der Waals surface area contributed by atoms with Gasteiger partial charge in [0.25, 0.3) is 0 Å². The molecule has 3 rings (SSSR count). The summed E-state index contributed by atoms with van der Waals surface area (Å²) in [6.07, 6.45) is 2.41.